The van der Waals surface area contributed by atoms with Gasteiger partial charge in [0.1, 0.15) is 17.6 Å². The van der Waals surface area contributed by atoms with E-state index in [2.05, 4.69) is 0 Å². The first-order valence-corrected chi connectivity index (χ1v) is 10.2. The lowest BCUT2D eigenvalue weighted by atomic mass is 9.98. The Morgan fingerprint density at radius 1 is 1.03 bits per heavy atom. The normalized spacial score (nSPS) is 17.6. The van der Waals surface area contributed by atoms with Crippen molar-refractivity contribution in [2.45, 2.75) is 19.4 Å². The number of aliphatic hydroxyl groups is 1. The summed E-state index contributed by atoms with van der Waals surface area (Å²) in [5.41, 5.74) is 1.91. The van der Waals surface area contributed by atoms with Gasteiger partial charge in [0.25, 0.3) is 11.7 Å². The van der Waals surface area contributed by atoms with E-state index < -0.39 is 17.7 Å². The zero-order valence-electron chi connectivity index (χ0n) is 18.0. The smallest absolute Gasteiger partial charge is 0.300 e. The van der Waals surface area contributed by atoms with Gasteiger partial charge in [0, 0.05) is 17.3 Å². The van der Waals surface area contributed by atoms with Gasteiger partial charge in [-0.15, -0.1) is 0 Å². The molecule has 1 unspecified atom stereocenters. The summed E-state index contributed by atoms with van der Waals surface area (Å²) in [6.45, 7) is 2.03. The van der Waals surface area contributed by atoms with E-state index in [-0.39, 0.29) is 11.3 Å². The van der Waals surface area contributed by atoms with E-state index in [1.165, 1.54) is 25.4 Å². The molecule has 4 rings (SSSR count). The highest BCUT2D eigenvalue weighted by atomic mass is 16.5. The van der Waals surface area contributed by atoms with Crippen molar-refractivity contribution in [3.63, 3.8) is 0 Å². The summed E-state index contributed by atoms with van der Waals surface area (Å²) in [6, 6.07) is 14.5. The first-order chi connectivity index (χ1) is 15.5. The summed E-state index contributed by atoms with van der Waals surface area (Å²) in [5.74, 6) is -0.580. The number of carbonyl (C=O) groups excluding carboxylic acids is 2. The molecule has 2 aromatic carbocycles. The van der Waals surface area contributed by atoms with Crippen molar-refractivity contribution >= 4 is 23.1 Å². The van der Waals surface area contributed by atoms with E-state index in [0.717, 1.165) is 12.0 Å². The third-order valence-electron chi connectivity index (χ3n) is 5.54. The zero-order valence-corrected chi connectivity index (χ0v) is 18.0. The second-order valence-corrected chi connectivity index (χ2v) is 7.27. The highest BCUT2D eigenvalue weighted by Crippen LogP contribution is 2.44. The SMILES string of the molecule is CCc1ccc(/C(O)=C2/C(=O)C(=O)N(c3ccc(OC)c(OC)c3)C2c2ccco2)cc1. The number of hydrogen-bond acceptors (Lipinski definition) is 6. The number of furan rings is 1. The largest absolute Gasteiger partial charge is 0.507 e. The number of benzene rings is 2. The lowest BCUT2D eigenvalue weighted by molar-refractivity contribution is -0.132. The lowest BCUT2D eigenvalue weighted by Gasteiger charge is -2.24. The maximum absolute atomic E-state index is 13.1. The van der Waals surface area contributed by atoms with E-state index in [1.807, 2.05) is 19.1 Å². The minimum absolute atomic E-state index is 0.0380. The van der Waals surface area contributed by atoms with Crippen LogP contribution in [-0.4, -0.2) is 31.0 Å². The summed E-state index contributed by atoms with van der Waals surface area (Å²) in [7, 11) is 3.00. The van der Waals surface area contributed by atoms with Gasteiger partial charge in [0.15, 0.2) is 11.5 Å². The molecular formula is C25H23NO6. The van der Waals surface area contributed by atoms with Crippen molar-refractivity contribution in [2.75, 3.05) is 19.1 Å². The molecule has 1 atom stereocenters. The number of anilines is 1. The van der Waals surface area contributed by atoms with Crippen molar-refractivity contribution < 1.29 is 28.6 Å². The van der Waals surface area contributed by atoms with Crippen LogP contribution in [0.2, 0.25) is 0 Å². The number of Topliss-reactive ketones (excluding diaryl/α,β-unsaturated/α-hetero) is 1. The molecule has 1 N–H and O–H groups in total. The van der Waals surface area contributed by atoms with Crippen molar-refractivity contribution in [3.05, 3.63) is 83.3 Å². The van der Waals surface area contributed by atoms with Crippen LogP contribution >= 0.6 is 0 Å². The van der Waals surface area contributed by atoms with Gasteiger partial charge in [0.05, 0.1) is 26.1 Å². The predicted molar refractivity (Wildman–Crippen MR) is 119 cm³/mol. The Labute approximate surface area is 185 Å². The average Bonchev–Trinajstić information content (AvgIpc) is 3.45. The number of aryl methyl sites for hydroxylation is 1. The summed E-state index contributed by atoms with van der Waals surface area (Å²) < 4.78 is 16.2. The molecule has 164 valence electrons. The maximum atomic E-state index is 13.1. The molecule has 0 radical (unpaired) electrons. The number of ether oxygens (including phenoxy) is 2. The van der Waals surface area contributed by atoms with Gasteiger partial charge >= 0.3 is 0 Å². The van der Waals surface area contributed by atoms with Gasteiger partial charge in [-0.05, 0) is 36.2 Å². The summed E-state index contributed by atoms with van der Waals surface area (Å²) in [4.78, 5) is 27.5. The maximum Gasteiger partial charge on any atom is 0.300 e. The molecule has 7 nitrogen and oxygen atoms in total. The van der Waals surface area contributed by atoms with Gasteiger partial charge in [-0.3, -0.25) is 14.5 Å². The van der Waals surface area contributed by atoms with E-state index in [4.69, 9.17) is 13.9 Å². The van der Waals surface area contributed by atoms with Gasteiger partial charge in [-0.1, -0.05) is 31.2 Å². The monoisotopic (exact) mass is 433 g/mol. The van der Waals surface area contributed by atoms with Crippen LogP contribution in [-0.2, 0) is 16.0 Å². The quantitative estimate of drug-likeness (QED) is 0.350. The third kappa shape index (κ3) is 3.51. The van der Waals surface area contributed by atoms with Crippen molar-refractivity contribution in [1.82, 2.24) is 0 Å². The standard InChI is InChI=1S/C25H23NO6/c1-4-15-7-9-16(10-8-15)23(27)21-22(19-6-5-13-32-19)26(25(29)24(21)28)17-11-12-18(30-2)20(14-17)31-3/h5-14,22,27H,4H2,1-3H3/b23-21-. The Bertz CT molecular complexity index is 1180. The molecule has 32 heavy (non-hydrogen) atoms. The minimum Gasteiger partial charge on any atom is -0.507 e. The van der Waals surface area contributed by atoms with Crippen LogP contribution in [0.25, 0.3) is 5.76 Å². The van der Waals surface area contributed by atoms with Crippen LogP contribution in [0.5, 0.6) is 11.5 Å². The fourth-order valence-corrected chi connectivity index (χ4v) is 3.84. The Morgan fingerprint density at radius 3 is 2.34 bits per heavy atom. The van der Waals surface area contributed by atoms with Crippen LogP contribution < -0.4 is 14.4 Å². The predicted octanol–water partition coefficient (Wildman–Crippen LogP) is 4.49. The molecule has 1 aromatic heterocycles. The molecule has 1 aliphatic heterocycles. The Kier molecular flexibility index (Phi) is 5.73. The van der Waals surface area contributed by atoms with Crippen LogP contribution in [0.1, 0.15) is 29.9 Å². The van der Waals surface area contributed by atoms with E-state index in [1.54, 1.807) is 42.5 Å². The molecule has 1 aliphatic rings. The Hall–Kier alpha value is -4.00. The topological polar surface area (TPSA) is 89.2 Å². The summed E-state index contributed by atoms with van der Waals surface area (Å²) in [5, 5.41) is 11.1. The molecule has 7 heteroatoms. The fourth-order valence-electron chi connectivity index (χ4n) is 3.84. The molecular weight excluding hydrogens is 410 g/mol. The van der Waals surface area contributed by atoms with Gasteiger partial charge in [-0.2, -0.15) is 0 Å². The van der Waals surface area contributed by atoms with Gasteiger partial charge in [-0.25, -0.2) is 0 Å². The number of nitrogens with zero attached hydrogens (tertiary/aromatic N) is 1. The molecule has 0 aliphatic carbocycles. The lowest BCUT2D eigenvalue weighted by Crippen LogP contribution is -2.29. The van der Waals surface area contributed by atoms with Crippen LogP contribution in [0.15, 0.2) is 70.9 Å². The molecule has 0 bridgehead atoms. The Morgan fingerprint density at radius 2 is 1.75 bits per heavy atom. The molecule has 0 spiro atoms. The average molecular weight is 433 g/mol. The third-order valence-corrected chi connectivity index (χ3v) is 5.54. The minimum atomic E-state index is -0.936. The summed E-state index contributed by atoms with van der Waals surface area (Å²) >= 11 is 0. The number of ketones is 1. The van der Waals surface area contributed by atoms with Gasteiger partial charge in [0.2, 0.25) is 0 Å². The van der Waals surface area contributed by atoms with Crippen molar-refractivity contribution in [3.8, 4) is 11.5 Å². The van der Waals surface area contributed by atoms with E-state index in [9.17, 15) is 14.7 Å². The van der Waals surface area contributed by atoms with Crippen molar-refractivity contribution in [2.24, 2.45) is 0 Å². The molecule has 1 saturated heterocycles. The van der Waals surface area contributed by atoms with Crippen LogP contribution in [0.3, 0.4) is 0 Å². The van der Waals surface area contributed by atoms with E-state index >= 15 is 0 Å². The first-order valence-electron chi connectivity index (χ1n) is 10.2. The second kappa shape index (κ2) is 8.63. The summed E-state index contributed by atoms with van der Waals surface area (Å²) in [6.07, 6.45) is 2.30. The van der Waals surface area contributed by atoms with E-state index in [0.29, 0.717) is 28.5 Å². The molecule has 0 saturated carbocycles. The number of amides is 1. The molecule has 2 heterocycles. The zero-order chi connectivity index (χ0) is 22.8. The molecule has 3 aromatic rings. The number of carbonyl (C=O) groups is 2. The fraction of sp³-hybridized carbons (Fsp3) is 0.200. The number of hydrogen-bond donors (Lipinski definition) is 1. The molecule has 1 amide bonds. The first kappa shape index (κ1) is 21.2. The number of aliphatic hydroxyl groups excluding tert-OH is 1. The highest BCUT2D eigenvalue weighted by molar-refractivity contribution is 6.51. The highest BCUT2D eigenvalue weighted by Gasteiger charge is 2.48. The van der Waals surface area contributed by atoms with Gasteiger partial charge < -0.3 is 19.0 Å². The number of rotatable bonds is 6. The Balaban J connectivity index is 1.88. The second-order valence-electron chi connectivity index (χ2n) is 7.27. The van der Waals surface area contributed by atoms with Crippen LogP contribution in [0, 0.1) is 0 Å². The number of methoxy groups -OCH3 is 2. The van der Waals surface area contributed by atoms with Crippen molar-refractivity contribution in [1.29, 1.82) is 0 Å². The van der Waals surface area contributed by atoms with Crippen LogP contribution in [0.4, 0.5) is 5.69 Å². The molecule has 1 fully saturated rings.